The van der Waals surface area contributed by atoms with Crippen LogP contribution in [-0.4, -0.2) is 27.8 Å². The summed E-state index contributed by atoms with van der Waals surface area (Å²) in [6, 6.07) is 1.78. The first-order chi connectivity index (χ1) is 7.98. The van der Waals surface area contributed by atoms with Crippen molar-refractivity contribution in [2.45, 2.75) is 39.2 Å². The van der Waals surface area contributed by atoms with Gasteiger partial charge in [0.15, 0.2) is 0 Å². The van der Waals surface area contributed by atoms with Gasteiger partial charge in [0.05, 0.1) is 11.2 Å². The van der Waals surface area contributed by atoms with Gasteiger partial charge < -0.3 is 11.1 Å². The molecule has 3 N–H and O–H groups in total. The SMILES string of the molecule is CCC(CC)(CN)NC(=O)c1cc(C)nn1C. The molecule has 0 unspecified atom stereocenters. The van der Waals surface area contributed by atoms with Crippen LogP contribution in [0.4, 0.5) is 0 Å². The zero-order chi connectivity index (χ0) is 13.1. The van der Waals surface area contributed by atoms with Crippen LogP contribution in [0.2, 0.25) is 0 Å². The molecular formula is C12H22N4O. The van der Waals surface area contributed by atoms with Crippen molar-refractivity contribution in [1.82, 2.24) is 15.1 Å². The molecular weight excluding hydrogens is 216 g/mol. The summed E-state index contributed by atoms with van der Waals surface area (Å²) in [6.07, 6.45) is 1.64. The van der Waals surface area contributed by atoms with E-state index in [1.807, 2.05) is 20.8 Å². The summed E-state index contributed by atoms with van der Waals surface area (Å²) in [5.74, 6) is -0.109. The summed E-state index contributed by atoms with van der Waals surface area (Å²) >= 11 is 0. The van der Waals surface area contributed by atoms with Gasteiger partial charge in [-0.05, 0) is 25.8 Å². The van der Waals surface area contributed by atoms with Crippen LogP contribution in [0.25, 0.3) is 0 Å². The van der Waals surface area contributed by atoms with Gasteiger partial charge in [0.1, 0.15) is 5.69 Å². The molecule has 1 rings (SSSR count). The van der Waals surface area contributed by atoms with Gasteiger partial charge in [-0.15, -0.1) is 0 Å². The van der Waals surface area contributed by atoms with Crippen LogP contribution in [0.15, 0.2) is 6.07 Å². The van der Waals surface area contributed by atoms with Crippen LogP contribution in [0.3, 0.4) is 0 Å². The fourth-order valence-electron chi connectivity index (χ4n) is 1.89. The Bertz CT molecular complexity index is 385. The molecule has 0 saturated carbocycles. The molecule has 5 heteroatoms. The zero-order valence-electron chi connectivity index (χ0n) is 11.1. The number of aromatic nitrogens is 2. The smallest absolute Gasteiger partial charge is 0.270 e. The predicted molar refractivity (Wildman–Crippen MR) is 67.8 cm³/mol. The molecule has 0 spiro atoms. The number of amides is 1. The summed E-state index contributed by atoms with van der Waals surface area (Å²) in [4.78, 5) is 12.1. The molecule has 0 aliphatic heterocycles. The minimum atomic E-state index is -0.310. The first-order valence-electron chi connectivity index (χ1n) is 6.01. The molecule has 0 bridgehead atoms. The van der Waals surface area contributed by atoms with E-state index in [9.17, 15) is 4.79 Å². The Balaban J connectivity index is 2.88. The van der Waals surface area contributed by atoms with E-state index in [-0.39, 0.29) is 11.4 Å². The topological polar surface area (TPSA) is 72.9 Å². The third-order valence-corrected chi connectivity index (χ3v) is 3.36. The number of rotatable bonds is 5. The second kappa shape index (κ2) is 5.31. The maximum atomic E-state index is 12.1. The Morgan fingerprint density at radius 3 is 2.47 bits per heavy atom. The number of aryl methyl sites for hydroxylation is 2. The Morgan fingerprint density at radius 1 is 1.53 bits per heavy atom. The Morgan fingerprint density at radius 2 is 2.12 bits per heavy atom. The largest absolute Gasteiger partial charge is 0.344 e. The summed E-state index contributed by atoms with van der Waals surface area (Å²) in [5, 5.41) is 7.19. The van der Waals surface area contributed by atoms with E-state index in [1.54, 1.807) is 17.8 Å². The fraction of sp³-hybridized carbons (Fsp3) is 0.667. The highest BCUT2D eigenvalue weighted by atomic mass is 16.2. The van der Waals surface area contributed by atoms with E-state index in [0.29, 0.717) is 12.2 Å². The number of carbonyl (C=O) groups is 1. The lowest BCUT2D eigenvalue weighted by Gasteiger charge is -2.31. The lowest BCUT2D eigenvalue weighted by molar-refractivity contribution is 0.0885. The molecule has 1 aromatic rings. The van der Waals surface area contributed by atoms with Gasteiger partial charge >= 0.3 is 0 Å². The van der Waals surface area contributed by atoms with Crippen molar-refractivity contribution in [3.8, 4) is 0 Å². The number of carbonyl (C=O) groups excluding carboxylic acids is 1. The lowest BCUT2D eigenvalue weighted by atomic mass is 9.93. The van der Waals surface area contributed by atoms with E-state index in [4.69, 9.17) is 5.73 Å². The molecule has 0 atom stereocenters. The van der Waals surface area contributed by atoms with Gasteiger partial charge in [-0.2, -0.15) is 5.10 Å². The van der Waals surface area contributed by atoms with Crippen LogP contribution in [0.5, 0.6) is 0 Å². The first-order valence-corrected chi connectivity index (χ1v) is 6.01. The maximum Gasteiger partial charge on any atom is 0.270 e. The van der Waals surface area contributed by atoms with Gasteiger partial charge in [-0.25, -0.2) is 0 Å². The number of nitrogens with two attached hydrogens (primary N) is 1. The first kappa shape index (κ1) is 13.7. The van der Waals surface area contributed by atoms with Crippen LogP contribution >= 0.6 is 0 Å². The summed E-state index contributed by atoms with van der Waals surface area (Å²) in [7, 11) is 1.77. The van der Waals surface area contributed by atoms with Crippen molar-refractivity contribution in [3.63, 3.8) is 0 Å². The van der Waals surface area contributed by atoms with Crippen molar-refractivity contribution < 1.29 is 4.79 Å². The minimum Gasteiger partial charge on any atom is -0.344 e. The molecule has 1 amide bonds. The quantitative estimate of drug-likeness (QED) is 0.803. The predicted octanol–water partition coefficient (Wildman–Crippen LogP) is 0.976. The number of nitrogens with one attached hydrogen (secondary N) is 1. The number of hydrogen-bond acceptors (Lipinski definition) is 3. The van der Waals surface area contributed by atoms with Gasteiger partial charge in [-0.1, -0.05) is 13.8 Å². The summed E-state index contributed by atoms with van der Waals surface area (Å²) in [6.45, 7) is 6.38. The second-order valence-corrected chi connectivity index (χ2v) is 4.44. The van der Waals surface area contributed by atoms with E-state index >= 15 is 0 Å². The molecule has 0 aromatic carbocycles. The fourth-order valence-corrected chi connectivity index (χ4v) is 1.89. The van der Waals surface area contributed by atoms with E-state index in [2.05, 4.69) is 10.4 Å². The second-order valence-electron chi connectivity index (χ2n) is 4.44. The zero-order valence-corrected chi connectivity index (χ0v) is 11.1. The van der Waals surface area contributed by atoms with Gasteiger partial charge in [0.2, 0.25) is 0 Å². The van der Waals surface area contributed by atoms with Crippen LogP contribution in [0.1, 0.15) is 42.9 Å². The van der Waals surface area contributed by atoms with Crippen molar-refractivity contribution in [3.05, 3.63) is 17.5 Å². The molecule has 5 nitrogen and oxygen atoms in total. The number of nitrogens with zero attached hydrogens (tertiary/aromatic N) is 2. The van der Waals surface area contributed by atoms with Crippen LogP contribution in [-0.2, 0) is 7.05 Å². The molecule has 17 heavy (non-hydrogen) atoms. The van der Waals surface area contributed by atoms with Crippen LogP contribution < -0.4 is 11.1 Å². The van der Waals surface area contributed by atoms with E-state index in [0.717, 1.165) is 18.5 Å². The molecule has 0 fully saturated rings. The van der Waals surface area contributed by atoms with Crippen LogP contribution in [0, 0.1) is 6.92 Å². The summed E-state index contributed by atoms with van der Waals surface area (Å²) < 4.78 is 1.59. The third-order valence-electron chi connectivity index (χ3n) is 3.36. The van der Waals surface area contributed by atoms with E-state index in [1.165, 1.54) is 0 Å². The molecule has 0 saturated heterocycles. The molecule has 0 aliphatic rings. The molecule has 1 aromatic heterocycles. The molecule has 1 heterocycles. The standard InChI is InChI=1S/C12H22N4O/c1-5-12(6-2,8-13)14-11(17)10-7-9(3)15-16(10)4/h7H,5-6,8,13H2,1-4H3,(H,14,17). The lowest BCUT2D eigenvalue weighted by Crippen LogP contribution is -2.53. The molecule has 0 aliphatic carbocycles. The normalized spacial score (nSPS) is 11.6. The van der Waals surface area contributed by atoms with Gasteiger partial charge in [0.25, 0.3) is 5.91 Å². The molecule has 0 radical (unpaired) electrons. The third kappa shape index (κ3) is 2.85. The number of hydrogen-bond donors (Lipinski definition) is 2. The van der Waals surface area contributed by atoms with E-state index < -0.39 is 0 Å². The van der Waals surface area contributed by atoms with Crippen molar-refractivity contribution in [2.24, 2.45) is 12.8 Å². The molecule has 96 valence electrons. The summed E-state index contributed by atoms with van der Waals surface area (Å²) in [5.41, 5.74) is 6.86. The van der Waals surface area contributed by atoms with Crippen molar-refractivity contribution in [2.75, 3.05) is 6.54 Å². The Hall–Kier alpha value is -1.36. The minimum absolute atomic E-state index is 0.109. The monoisotopic (exact) mass is 238 g/mol. The average molecular weight is 238 g/mol. The van der Waals surface area contributed by atoms with Gasteiger partial charge in [0, 0.05) is 13.6 Å². The van der Waals surface area contributed by atoms with Crippen molar-refractivity contribution >= 4 is 5.91 Å². The highest BCUT2D eigenvalue weighted by molar-refractivity contribution is 5.93. The van der Waals surface area contributed by atoms with Gasteiger partial charge in [-0.3, -0.25) is 9.48 Å². The average Bonchev–Trinajstić information content (AvgIpc) is 2.65. The highest BCUT2D eigenvalue weighted by Gasteiger charge is 2.27. The van der Waals surface area contributed by atoms with Crippen molar-refractivity contribution in [1.29, 1.82) is 0 Å². The Kier molecular flexibility index (Phi) is 4.28. The maximum absolute atomic E-state index is 12.1. The highest BCUT2D eigenvalue weighted by Crippen LogP contribution is 2.14. The Labute approximate surface area is 102 Å².